The Morgan fingerprint density at radius 2 is 1.96 bits per heavy atom. The van der Waals surface area contributed by atoms with Crippen molar-refractivity contribution in [1.29, 1.82) is 0 Å². The monoisotopic (exact) mass is 326 g/mol. The van der Waals surface area contributed by atoms with Gasteiger partial charge in [0, 0.05) is 17.3 Å². The summed E-state index contributed by atoms with van der Waals surface area (Å²) in [5.74, 6) is 0.621. The fourth-order valence-corrected chi connectivity index (χ4v) is 3.35. The number of aromatic nitrogens is 1. The second-order valence-electron chi connectivity index (χ2n) is 5.11. The van der Waals surface area contributed by atoms with Gasteiger partial charge in [-0.05, 0) is 35.7 Å². The zero-order valence-corrected chi connectivity index (χ0v) is 13.6. The minimum Gasteiger partial charge on any atom is -0.495 e. The van der Waals surface area contributed by atoms with Crippen molar-refractivity contribution in [2.24, 2.45) is 0 Å². The van der Waals surface area contributed by atoms with Gasteiger partial charge in [-0.2, -0.15) is 0 Å². The van der Waals surface area contributed by atoms with Gasteiger partial charge in [-0.1, -0.05) is 18.2 Å². The number of hydrogen-bond acceptors (Lipinski definition) is 3. The molecule has 0 fully saturated rings. The molecule has 1 unspecified atom stereocenters. The fraction of sp³-hybridized carbons (Fsp3) is 0.167. The first-order valence-corrected chi connectivity index (χ1v) is 8.24. The summed E-state index contributed by atoms with van der Waals surface area (Å²) in [6, 6.07) is 15.4. The van der Waals surface area contributed by atoms with Crippen LogP contribution in [-0.2, 0) is 4.79 Å². The second-order valence-corrected chi connectivity index (χ2v) is 6.09. The number of amides is 1. The maximum Gasteiger partial charge on any atom is 0.226 e. The number of nitrogens with zero attached hydrogens (tertiary/aromatic N) is 1. The van der Waals surface area contributed by atoms with Crippen molar-refractivity contribution in [3.05, 3.63) is 71.2 Å². The van der Waals surface area contributed by atoms with E-state index in [1.165, 1.54) is 0 Å². The highest BCUT2D eigenvalue weighted by atomic mass is 32.1. The van der Waals surface area contributed by atoms with E-state index >= 15 is 0 Å². The van der Waals surface area contributed by atoms with Gasteiger partial charge in [-0.15, -0.1) is 11.3 Å². The van der Waals surface area contributed by atoms with E-state index in [1.54, 1.807) is 18.4 Å². The molecule has 3 rings (SSSR count). The van der Waals surface area contributed by atoms with E-state index in [2.05, 4.69) is 16.0 Å². The number of anilines is 1. The first kappa shape index (κ1) is 15.4. The zero-order valence-electron chi connectivity index (χ0n) is 12.8. The molecular weight excluding hydrogens is 308 g/mol. The average molecular weight is 326 g/mol. The van der Waals surface area contributed by atoms with Crippen LogP contribution in [0.25, 0.3) is 0 Å². The van der Waals surface area contributed by atoms with Crippen molar-refractivity contribution in [2.75, 3.05) is 12.4 Å². The number of carbonyl (C=O) groups excluding carboxylic acids is 1. The van der Waals surface area contributed by atoms with Crippen molar-refractivity contribution < 1.29 is 9.53 Å². The van der Waals surface area contributed by atoms with Gasteiger partial charge in [-0.3, -0.25) is 4.79 Å². The highest BCUT2D eigenvalue weighted by molar-refractivity contribution is 7.10. The fourth-order valence-electron chi connectivity index (χ4n) is 2.51. The normalized spacial score (nSPS) is 11.9. The van der Waals surface area contributed by atoms with Gasteiger partial charge in [0.25, 0.3) is 0 Å². The van der Waals surface area contributed by atoms with Gasteiger partial charge >= 0.3 is 0 Å². The molecule has 5 heteroatoms. The molecule has 1 atom stereocenters. The minimum atomic E-state index is -0.0402. The van der Waals surface area contributed by atoms with Crippen LogP contribution in [0.1, 0.15) is 17.3 Å². The first-order chi connectivity index (χ1) is 11.3. The van der Waals surface area contributed by atoms with Crippen LogP contribution < -0.4 is 10.1 Å². The van der Waals surface area contributed by atoms with Gasteiger partial charge in [0.1, 0.15) is 5.75 Å². The van der Waals surface area contributed by atoms with Crippen LogP contribution in [0.5, 0.6) is 5.75 Å². The van der Waals surface area contributed by atoms with Crippen molar-refractivity contribution in [3.63, 3.8) is 0 Å². The summed E-state index contributed by atoms with van der Waals surface area (Å²) in [6.07, 6.45) is 4.34. The molecule has 3 aromatic rings. The third-order valence-corrected chi connectivity index (χ3v) is 4.59. The molecule has 0 bridgehead atoms. The Morgan fingerprint density at radius 1 is 1.17 bits per heavy atom. The third kappa shape index (κ3) is 3.63. The lowest BCUT2D eigenvalue weighted by Gasteiger charge is -2.18. The molecule has 0 radical (unpaired) electrons. The van der Waals surface area contributed by atoms with Crippen molar-refractivity contribution in [1.82, 2.24) is 4.57 Å². The molecule has 0 spiro atoms. The van der Waals surface area contributed by atoms with Crippen LogP contribution in [0.4, 0.5) is 5.69 Å². The summed E-state index contributed by atoms with van der Waals surface area (Å²) in [7, 11) is 1.60. The number of ether oxygens (including phenoxy) is 1. The largest absolute Gasteiger partial charge is 0.495 e. The van der Waals surface area contributed by atoms with E-state index in [4.69, 9.17) is 4.74 Å². The molecular formula is C18H18N2O2S. The minimum absolute atomic E-state index is 0.000271. The Kier molecular flexibility index (Phi) is 4.78. The number of rotatable bonds is 6. The van der Waals surface area contributed by atoms with Gasteiger partial charge in [-0.25, -0.2) is 0 Å². The number of benzene rings is 1. The molecule has 0 aliphatic carbocycles. The molecule has 1 aromatic carbocycles. The van der Waals surface area contributed by atoms with E-state index in [1.807, 2.05) is 60.2 Å². The number of carbonyl (C=O) groups is 1. The molecule has 4 nitrogen and oxygen atoms in total. The second kappa shape index (κ2) is 7.15. The standard InChI is InChI=1S/C18H18N2O2S/c1-22-16-8-3-2-7-14(16)19-18(21)13-15(17-9-6-12-23-17)20-10-4-5-11-20/h2-12,15H,13H2,1H3,(H,19,21). The van der Waals surface area contributed by atoms with E-state index in [-0.39, 0.29) is 11.9 Å². The van der Waals surface area contributed by atoms with Gasteiger partial charge in [0.05, 0.1) is 25.3 Å². The Bertz CT molecular complexity index is 717. The summed E-state index contributed by atoms with van der Waals surface area (Å²) in [4.78, 5) is 13.7. The van der Waals surface area contributed by atoms with Crippen LogP contribution >= 0.6 is 11.3 Å². The number of thiophene rings is 1. The van der Waals surface area contributed by atoms with Gasteiger partial charge < -0.3 is 14.6 Å². The number of nitrogens with one attached hydrogen (secondary N) is 1. The summed E-state index contributed by atoms with van der Waals surface area (Å²) in [5, 5.41) is 4.97. The topological polar surface area (TPSA) is 43.3 Å². The molecule has 1 N–H and O–H groups in total. The Balaban J connectivity index is 1.77. The van der Waals surface area contributed by atoms with Crippen LogP contribution in [0.15, 0.2) is 66.3 Å². The third-order valence-electron chi connectivity index (χ3n) is 3.62. The van der Waals surface area contributed by atoms with E-state index in [9.17, 15) is 4.79 Å². The molecule has 1 amide bonds. The maximum absolute atomic E-state index is 12.5. The Morgan fingerprint density at radius 3 is 2.65 bits per heavy atom. The highest BCUT2D eigenvalue weighted by Crippen LogP contribution is 2.28. The molecule has 2 heterocycles. The smallest absolute Gasteiger partial charge is 0.226 e. The zero-order chi connectivity index (χ0) is 16.1. The Labute approximate surface area is 139 Å². The predicted octanol–water partition coefficient (Wildman–Crippen LogP) is 4.18. The SMILES string of the molecule is COc1ccccc1NC(=O)CC(c1cccs1)n1cccc1. The summed E-state index contributed by atoms with van der Waals surface area (Å²) in [6.45, 7) is 0. The molecule has 23 heavy (non-hydrogen) atoms. The lowest BCUT2D eigenvalue weighted by atomic mass is 10.1. The van der Waals surface area contributed by atoms with Gasteiger partial charge in [0.15, 0.2) is 0 Å². The summed E-state index contributed by atoms with van der Waals surface area (Å²) >= 11 is 1.66. The molecule has 0 aliphatic rings. The van der Waals surface area contributed by atoms with Crippen molar-refractivity contribution >= 4 is 22.9 Å². The van der Waals surface area contributed by atoms with Crippen LogP contribution in [0.2, 0.25) is 0 Å². The van der Waals surface area contributed by atoms with Crippen LogP contribution in [-0.4, -0.2) is 17.6 Å². The number of hydrogen-bond donors (Lipinski definition) is 1. The molecule has 0 saturated carbocycles. The van der Waals surface area contributed by atoms with E-state index in [0.717, 1.165) is 4.88 Å². The lowest BCUT2D eigenvalue weighted by Crippen LogP contribution is -2.19. The predicted molar refractivity (Wildman–Crippen MR) is 93.1 cm³/mol. The molecule has 118 valence electrons. The maximum atomic E-state index is 12.5. The Hall–Kier alpha value is -2.53. The van der Waals surface area contributed by atoms with E-state index in [0.29, 0.717) is 17.9 Å². The van der Waals surface area contributed by atoms with Crippen molar-refractivity contribution in [3.8, 4) is 5.75 Å². The quantitative estimate of drug-likeness (QED) is 0.738. The first-order valence-electron chi connectivity index (χ1n) is 7.36. The van der Waals surface area contributed by atoms with Gasteiger partial charge in [0.2, 0.25) is 5.91 Å². The lowest BCUT2D eigenvalue weighted by molar-refractivity contribution is -0.116. The molecule has 0 aliphatic heterocycles. The average Bonchev–Trinajstić information content (AvgIpc) is 3.27. The highest BCUT2D eigenvalue weighted by Gasteiger charge is 2.19. The summed E-state index contributed by atoms with van der Waals surface area (Å²) < 4.78 is 7.34. The van der Waals surface area contributed by atoms with Crippen LogP contribution in [0, 0.1) is 0 Å². The molecule has 2 aromatic heterocycles. The van der Waals surface area contributed by atoms with Crippen LogP contribution in [0.3, 0.4) is 0 Å². The van der Waals surface area contributed by atoms with Crippen molar-refractivity contribution in [2.45, 2.75) is 12.5 Å². The summed E-state index contributed by atoms with van der Waals surface area (Å²) in [5.41, 5.74) is 0.692. The number of methoxy groups -OCH3 is 1. The number of para-hydroxylation sites is 2. The van der Waals surface area contributed by atoms with E-state index < -0.39 is 0 Å². The molecule has 0 saturated heterocycles.